The zero-order valence-corrected chi connectivity index (χ0v) is 10.6. The number of hydrogen-bond donors (Lipinski definition) is 1. The fourth-order valence-electron chi connectivity index (χ4n) is 3.22. The van der Waals surface area contributed by atoms with Gasteiger partial charge < -0.3 is 5.32 Å². The summed E-state index contributed by atoms with van der Waals surface area (Å²) in [6.07, 6.45) is 10.8. The van der Waals surface area contributed by atoms with Crippen molar-refractivity contribution in [3.05, 3.63) is 48.8 Å². The number of nitrogens with one attached hydrogen (secondary N) is 1. The number of allylic oxidation sites excluding steroid dienone is 1. The quantitative estimate of drug-likeness (QED) is 0.854. The van der Waals surface area contributed by atoms with E-state index in [1.165, 1.54) is 12.8 Å². The predicted molar refractivity (Wildman–Crippen MR) is 74.1 cm³/mol. The molecule has 1 saturated carbocycles. The second-order valence-corrected chi connectivity index (χ2v) is 5.35. The molecule has 0 amide bonds. The molecule has 1 aromatic carbocycles. The van der Waals surface area contributed by atoms with E-state index in [2.05, 4.69) is 46.0 Å². The van der Waals surface area contributed by atoms with Crippen LogP contribution in [-0.2, 0) is 0 Å². The summed E-state index contributed by atoms with van der Waals surface area (Å²) in [5, 5.41) is 11.6. The van der Waals surface area contributed by atoms with Crippen molar-refractivity contribution in [2.45, 2.75) is 18.9 Å². The second-order valence-electron chi connectivity index (χ2n) is 5.35. The van der Waals surface area contributed by atoms with Crippen molar-refractivity contribution in [1.82, 2.24) is 15.0 Å². The van der Waals surface area contributed by atoms with Crippen molar-refractivity contribution in [1.29, 1.82) is 0 Å². The molecule has 4 nitrogen and oxygen atoms in total. The van der Waals surface area contributed by atoms with Gasteiger partial charge in [0.25, 0.3) is 0 Å². The number of benzene rings is 1. The van der Waals surface area contributed by atoms with Crippen LogP contribution in [0.3, 0.4) is 0 Å². The molecule has 1 N–H and O–H groups in total. The minimum absolute atomic E-state index is 0.563. The molecular weight excluding hydrogens is 236 g/mol. The van der Waals surface area contributed by atoms with Crippen LogP contribution in [0.2, 0.25) is 0 Å². The maximum Gasteiger partial charge on any atom is 0.0894 e. The molecule has 0 radical (unpaired) electrons. The van der Waals surface area contributed by atoms with Crippen LogP contribution in [0.1, 0.15) is 12.8 Å². The molecule has 4 heteroatoms. The van der Waals surface area contributed by atoms with E-state index in [0.29, 0.717) is 12.0 Å². The van der Waals surface area contributed by atoms with Gasteiger partial charge in [-0.3, -0.25) is 0 Å². The molecule has 1 heterocycles. The molecule has 0 bridgehead atoms. The zero-order valence-electron chi connectivity index (χ0n) is 10.6. The van der Waals surface area contributed by atoms with Crippen molar-refractivity contribution in [3.63, 3.8) is 0 Å². The molecule has 96 valence electrons. The lowest BCUT2D eigenvalue weighted by Crippen LogP contribution is -2.43. The van der Waals surface area contributed by atoms with E-state index in [0.717, 1.165) is 17.3 Å². The third kappa shape index (κ3) is 1.75. The number of fused-ring (bicyclic) bond motifs is 1. The highest BCUT2D eigenvalue weighted by molar-refractivity contribution is 5.61. The van der Waals surface area contributed by atoms with E-state index in [1.54, 1.807) is 6.20 Å². The largest absolute Gasteiger partial charge is 0.380 e. The van der Waals surface area contributed by atoms with Crippen LogP contribution in [-0.4, -0.2) is 21.0 Å². The Morgan fingerprint density at radius 1 is 1.26 bits per heavy atom. The van der Waals surface area contributed by atoms with Crippen LogP contribution in [0.4, 0.5) is 5.69 Å². The maximum atomic E-state index is 4.08. The molecule has 3 unspecified atom stereocenters. The number of hydrogen-bond acceptors (Lipinski definition) is 3. The third-order valence-electron chi connectivity index (χ3n) is 4.28. The Morgan fingerprint density at radius 3 is 3.05 bits per heavy atom. The van der Waals surface area contributed by atoms with Crippen LogP contribution >= 0.6 is 0 Å². The Labute approximate surface area is 112 Å². The van der Waals surface area contributed by atoms with Crippen LogP contribution in [0, 0.1) is 11.8 Å². The summed E-state index contributed by atoms with van der Waals surface area (Å²) >= 11 is 0. The maximum absolute atomic E-state index is 4.08. The van der Waals surface area contributed by atoms with Crippen LogP contribution < -0.4 is 5.32 Å². The number of para-hydroxylation sites is 2. The van der Waals surface area contributed by atoms with Gasteiger partial charge >= 0.3 is 0 Å². The van der Waals surface area contributed by atoms with Crippen molar-refractivity contribution in [2.75, 3.05) is 5.32 Å². The van der Waals surface area contributed by atoms with Gasteiger partial charge in [0.05, 0.1) is 23.8 Å². The summed E-state index contributed by atoms with van der Waals surface area (Å²) in [6, 6.07) is 8.83. The molecule has 4 rings (SSSR count). The lowest BCUT2D eigenvalue weighted by atomic mass is 9.71. The fraction of sp³-hybridized carbons (Fsp3) is 0.333. The Kier molecular flexibility index (Phi) is 2.40. The van der Waals surface area contributed by atoms with E-state index in [9.17, 15) is 0 Å². The molecular formula is C15H16N4. The van der Waals surface area contributed by atoms with Gasteiger partial charge in [-0.1, -0.05) is 29.5 Å². The fourth-order valence-corrected chi connectivity index (χ4v) is 3.22. The number of anilines is 1. The molecule has 0 aliphatic heterocycles. The Hall–Kier alpha value is -2.10. The molecule has 0 spiro atoms. The molecule has 2 aliphatic rings. The predicted octanol–water partition coefficient (Wildman–Crippen LogP) is 2.64. The molecule has 0 saturated heterocycles. The van der Waals surface area contributed by atoms with Crippen LogP contribution in [0.15, 0.2) is 48.8 Å². The summed E-state index contributed by atoms with van der Waals surface area (Å²) < 4.78 is 1.81. The highest BCUT2D eigenvalue weighted by Crippen LogP contribution is 2.44. The van der Waals surface area contributed by atoms with Gasteiger partial charge in [-0.2, -0.15) is 0 Å². The molecule has 19 heavy (non-hydrogen) atoms. The van der Waals surface area contributed by atoms with E-state index in [4.69, 9.17) is 0 Å². The van der Waals surface area contributed by atoms with E-state index in [1.807, 2.05) is 16.9 Å². The average molecular weight is 252 g/mol. The number of nitrogens with zero attached hydrogens (tertiary/aromatic N) is 3. The van der Waals surface area contributed by atoms with Crippen molar-refractivity contribution >= 4 is 5.69 Å². The Balaban J connectivity index is 1.60. The summed E-state index contributed by atoms with van der Waals surface area (Å²) in [5.74, 6) is 1.58. The van der Waals surface area contributed by atoms with E-state index < -0.39 is 0 Å². The molecule has 2 aromatic rings. The molecule has 1 aromatic heterocycles. The van der Waals surface area contributed by atoms with Crippen LogP contribution in [0.25, 0.3) is 5.69 Å². The first-order valence-electron chi connectivity index (χ1n) is 6.81. The normalized spacial score (nSPS) is 27.9. The van der Waals surface area contributed by atoms with Gasteiger partial charge in [0, 0.05) is 12.0 Å². The molecule has 1 fully saturated rings. The second kappa shape index (κ2) is 4.23. The average Bonchev–Trinajstić information content (AvgIpc) is 3.06. The molecule has 2 aliphatic carbocycles. The lowest BCUT2D eigenvalue weighted by Gasteiger charge is -2.41. The zero-order chi connectivity index (χ0) is 12.7. The first-order valence-corrected chi connectivity index (χ1v) is 6.81. The Morgan fingerprint density at radius 2 is 2.21 bits per heavy atom. The highest BCUT2D eigenvalue weighted by Gasteiger charge is 2.41. The van der Waals surface area contributed by atoms with E-state index >= 15 is 0 Å². The van der Waals surface area contributed by atoms with Gasteiger partial charge in [-0.15, -0.1) is 5.10 Å². The monoisotopic (exact) mass is 252 g/mol. The highest BCUT2D eigenvalue weighted by atomic mass is 15.4. The van der Waals surface area contributed by atoms with E-state index in [-0.39, 0.29) is 0 Å². The third-order valence-corrected chi connectivity index (χ3v) is 4.28. The first-order chi connectivity index (χ1) is 9.42. The minimum atomic E-state index is 0.563. The summed E-state index contributed by atoms with van der Waals surface area (Å²) in [7, 11) is 0. The SMILES string of the molecule is C1=CC2C(C1)CC2Nc1ccccc1-n1ccnn1. The standard InChI is InChI=1S/C15H16N4/c1-2-7-15(19-9-8-16-18-19)13(6-1)17-14-10-11-4-3-5-12(11)14/h1-3,5-9,11-12,14,17H,4,10H2. The summed E-state index contributed by atoms with van der Waals surface area (Å²) in [6.45, 7) is 0. The number of aromatic nitrogens is 3. The van der Waals surface area contributed by atoms with Gasteiger partial charge in [0.15, 0.2) is 0 Å². The van der Waals surface area contributed by atoms with Gasteiger partial charge in [-0.25, -0.2) is 4.68 Å². The summed E-state index contributed by atoms with van der Waals surface area (Å²) in [5.41, 5.74) is 2.20. The summed E-state index contributed by atoms with van der Waals surface area (Å²) in [4.78, 5) is 0. The lowest BCUT2D eigenvalue weighted by molar-refractivity contribution is 0.218. The van der Waals surface area contributed by atoms with Gasteiger partial charge in [-0.05, 0) is 30.9 Å². The smallest absolute Gasteiger partial charge is 0.0894 e. The minimum Gasteiger partial charge on any atom is -0.380 e. The molecule has 3 atom stereocenters. The van der Waals surface area contributed by atoms with Crippen molar-refractivity contribution in [2.24, 2.45) is 11.8 Å². The van der Waals surface area contributed by atoms with Crippen molar-refractivity contribution in [3.8, 4) is 5.69 Å². The Bertz CT molecular complexity index is 602. The van der Waals surface area contributed by atoms with Gasteiger partial charge in [0.2, 0.25) is 0 Å². The topological polar surface area (TPSA) is 42.7 Å². The van der Waals surface area contributed by atoms with Gasteiger partial charge in [0.1, 0.15) is 0 Å². The van der Waals surface area contributed by atoms with Crippen molar-refractivity contribution < 1.29 is 0 Å². The first kappa shape index (κ1) is 10.8. The van der Waals surface area contributed by atoms with Crippen LogP contribution in [0.5, 0.6) is 0 Å². The number of rotatable bonds is 3.